The minimum Gasteiger partial charge on any atom is -0.482 e. The second kappa shape index (κ2) is 8.05. The van der Waals surface area contributed by atoms with Crippen LogP contribution < -0.4 is 15.0 Å². The van der Waals surface area contributed by atoms with Gasteiger partial charge < -0.3 is 15.0 Å². The van der Waals surface area contributed by atoms with Crippen molar-refractivity contribution in [1.29, 1.82) is 0 Å². The first-order chi connectivity index (χ1) is 13.6. The molecule has 0 unspecified atom stereocenters. The first kappa shape index (κ1) is 18.5. The van der Waals surface area contributed by atoms with Crippen LogP contribution in [0.25, 0.3) is 0 Å². The monoisotopic (exact) mass is 378 g/mol. The van der Waals surface area contributed by atoms with Gasteiger partial charge in [0.1, 0.15) is 5.75 Å². The second-order valence-electron chi connectivity index (χ2n) is 7.75. The van der Waals surface area contributed by atoms with Crippen molar-refractivity contribution in [3.63, 3.8) is 0 Å². The van der Waals surface area contributed by atoms with Crippen molar-refractivity contribution in [2.45, 2.75) is 51.6 Å². The summed E-state index contributed by atoms with van der Waals surface area (Å²) in [6, 6.07) is 13.7. The summed E-state index contributed by atoms with van der Waals surface area (Å²) in [7, 11) is 0. The summed E-state index contributed by atoms with van der Waals surface area (Å²) in [6.45, 7) is 2.45. The number of nitrogens with one attached hydrogen (secondary N) is 1. The van der Waals surface area contributed by atoms with Gasteiger partial charge in [-0.25, -0.2) is 0 Å². The van der Waals surface area contributed by atoms with E-state index < -0.39 is 0 Å². The minimum atomic E-state index is -0.0739. The number of anilines is 1. The molecular formula is C23H26N2O3. The molecule has 1 saturated carbocycles. The highest BCUT2D eigenvalue weighted by atomic mass is 16.5. The second-order valence-corrected chi connectivity index (χ2v) is 7.75. The molecule has 1 aliphatic heterocycles. The van der Waals surface area contributed by atoms with Gasteiger partial charge in [0.2, 0.25) is 0 Å². The van der Waals surface area contributed by atoms with Gasteiger partial charge in [-0.15, -0.1) is 0 Å². The van der Waals surface area contributed by atoms with Crippen LogP contribution >= 0.6 is 0 Å². The lowest BCUT2D eigenvalue weighted by Gasteiger charge is -2.30. The van der Waals surface area contributed by atoms with Gasteiger partial charge in [-0.2, -0.15) is 0 Å². The fraction of sp³-hybridized carbons (Fsp3) is 0.391. The number of ether oxygens (including phenoxy) is 1. The van der Waals surface area contributed by atoms with Crippen LogP contribution in [0.5, 0.6) is 5.75 Å². The van der Waals surface area contributed by atoms with Crippen molar-refractivity contribution in [1.82, 2.24) is 5.32 Å². The Kier molecular flexibility index (Phi) is 5.33. The summed E-state index contributed by atoms with van der Waals surface area (Å²) < 4.78 is 5.55. The molecule has 0 aromatic heterocycles. The molecule has 2 aromatic carbocycles. The number of hydrogen-bond donors (Lipinski definition) is 1. The number of aryl methyl sites for hydroxylation is 1. The van der Waals surface area contributed by atoms with Crippen LogP contribution in [0.4, 0.5) is 5.69 Å². The Balaban J connectivity index is 1.51. The molecule has 28 heavy (non-hydrogen) atoms. The van der Waals surface area contributed by atoms with Gasteiger partial charge in [0.25, 0.3) is 11.8 Å². The Morgan fingerprint density at radius 1 is 1.14 bits per heavy atom. The fourth-order valence-electron chi connectivity index (χ4n) is 3.99. The molecule has 4 rings (SSSR count). The third kappa shape index (κ3) is 4.03. The zero-order chi connectivity index (χ0) is 19.5. The largest absolute Gasteiger partial charge is 0.482 e. The molecule has 0 spiro atoms. The number of rotatable bonds is 4. The average molecular weight is 378 g/mol. The number of nitrogens with zero attached hydrogens (tertiary/aromatic N) is 1. The predicted molar refractivity (Wildman–Crippen MR) is 109 cm³/mol. The number of hydrogen-bond acceptors (Lipinski definition) is 3. The number of amides is 2. The van der Waals surface area contributed by atoms with Gasteiger partial charge in [0.05, 0.1) is 12.2 Å². The number of carbonyl (C=O) groups excluding carboxylic acids is 2. The van der Waals surface area contributed by atoms with E-state index in [1.165, 1.54) is 19.3 Å². The average Bonchev–Trinajstić information content (AvgIpc) is 2.71. The van der Waals surface area contributed by atoms with Gasteiger partial charge in [0, 0.05) is 11.6 Å². The maximum absolute atomic E-state index is 12.7. The van der Waals surface area contributed by atoms with E-state index in [1.807, 2.05) is 49.4 Å². The lowest BCUT2D eigenvalue weighted by atomic mass is 9.95. The SMILES string of the molecule is Cc1ccc2c(c1)N(Cc1cccc(C(=O)NC3CCCCC3)c1)C(=O)CO2. The van der Waals surface area contributed by atoms with Crippen LogP contribution in [-0.4, -0.2) is 24.5 Å². The third-order valence-corrected chi connectivity index (χ3v) is 5.53. The van der Waals surface area contributed by atoms with Crippen molar-refractivity contribution >= 4 is 17.5 Å². The molecular weight excluding hydrogens is 352 g/mol. The highest BCUT2D eigenvalue weighted by molar-refractivity contribution is 5.98. The van der Waals surface area contributed by atoms with Crippen molar-refractivity contribution in [3.8, 4) is 5.75 Å². The van der Waals surface area contributed by atoms with E-state index >= 15 is 0 Å². The van der Waals surface area contributed by atoms with E-state index in [0.717, 1.165) is 35.4 Å². The lowest BCUT2D eigenvalue weighted by molar-refractivity contribution is -0.121. The summed E-state index contributed by atoms with van der Waals surface area (Å²) in [5.41, 5.74) is 3.43. The number of fused-ring (bicyclic) bond motifs is 1. The molecule has 5 nitrogen and oxygen atoms in total. The maximum atomic E-state index is 12.7. The van der Waals surface area contributed by atoms with Crippen LogP contribution in [0.1, 0.15) is 53.6 Å². The molecule has 1 N–H and O–H groups in total. The van der Waals surface area contributed by atoms with Gasteiger partial charge in [-0.05, 0) is 55.2 Å². The summed E-state index contributed by atoms with van der Waals surface area (Å²) in [5.74, 6) is 0.616. The van der Waals surface area contributed by atoms with Crippen molar-refractivity contribution in [3.05, 3.63) is 59.2 Å². The molecule has 0 radical (unpaired) electrons. The Hall–Kier alpha value is -2.82. The third-order valence-electron chi connectivity index (χ3n) is 5.53. The Labute approximate surface area is 165 Å². The standard InChI is InChI=1S/C23H26N2O3/c1-16-10-11-21-20(12-16)25(22(26)15-28-21)14-17-6-5-7-18(13-17)23(27)24-19-8-3-2-4-9-19/h5-7,10-13,19H,2-4,8-9,14-15H2,1H3,(H,24,27). The van der Waals surface area contributed by atoms with Crippen molar-refractivity contribution < 1.29 is 14.3 Å². The predicted octanol–water partition coefficient (Wildman–Crippen LogP) is 3.98. The van der Waals surface area contributed by atoms with E-state index in [0.29, 0.717) is 12.1 Å². The van der Waals surface area contributed by atoms with Crippen LogP contribution in [0.15, 0.2) is 42.5 Å². The maximum Gasteiger partial charge on any atom is 0.265 e. The van der Waals surface area contributed by atoms with Crippen LogP contribution in [0.2, 0.25) is 0 Å². The van der Waals surface area contributed by atoms with Gasteiger partial charge in [-0.1, -0.05) is 37.5 Å². The molecule has 2 amide bonds. The molecule has 0 atom stereocenters. The topological polar surface area (TPSA) is 58.6 Å². The normalized spacial score (nSPS) is 17.0. The Morgan fingerprint density at radius 2 is 1.96 bits per heavy atom. The summed E-state index contributed by atoms with van der Waals surface area (Å²) in [4.78, 5) is 26.9. The fourth-order valence-corrected chi connectivity index (χ4v) is 3.99. The van der Waals surface area contributed by atoms with Crippen LogP contribution in [-0.2, 0) is 11.3 Å². The van der Waals surface area contributed by atoms with Crippen LogP contribution in [0, 0.1) is 6.92 Å². The first-order valence-electron chi connectivity index (χ1n) is 10.0. The summed E-state index contributed by atoms with van der Waals surface area (Å²) in [6.07, 6.45) is 5.75. The molecule has 0 saturated heterocycles. The van der Waals surface area contributed by atoms with Gasteiger partial charge in [0.15, 0.2) is 6.61 Å². The molecule has 5 heteroatoms. The molecule has 146 valence electrons. The van der Waals surface area contributed by atoms with Crippen LogP contribution in [0.3, 0.4) is 0 Å². The summed E-state index contributed by atoms with van der Waals surface area (Å²) >= 11 is 0. The number of carbonyl (C=O) groups is 2. The zero-order valence-corrected chi connectivity index (χ0v) is 16.2. The van der Waals surface area contributed by atoms with E-state index in [2.05, 4.69) is 5.32 Å². The molecule has 2 aliphatic rings. The molecule has 1 fully saturated rings. The Morgan fingerprint density at radius 3 is 2.79 bits per heavy atom. The van der Waals surface area contributed by atoms with Crippen molar-refractivity contribution in [2.24, 2.45) is 0 Å². The molecule has 0 bridgehead atoms. The summed E-state index contributed by atoms with van der Waals surface area (Å²) in [5, 5.41) is 3.16. The number of benzene rings is 2. The lowest BCUT2D eigenvalue weighted by Crippen LogP contribution is -2.38. The minimum absolute atomic E-state index is 0.0294. The van der Waals surface area contributed by atoms with Gasteiger partial charge >= 0.3 is 0 Å². The molecule has 1 heterocycles. The van der Waals surface area contributed by atoms with E-state index in [-0.39, 0.29) is 24.5 Å². The first-order valence-corrected chi connectivity index (χ1v) is 10.0. The highest BCUT2D eigenvalue weighted by Crippen LogP contribution is 2.34. The highest BCUT2D eigenvalue weighted by Gasteiger charge is 2.26. The smallest absolute Gasteiger partial charge is 0.265 e. The van der Waals surface area contributed by atoms with Crippen molar-refractivity contribution in [2.75, 3.05) is 11.5 Å². The van der Waals surface area contributed by atoms with E-state index in [4.69, 9.17) is 4.74 Å². The van der Waals surface area contributed by atoms with E-state index in [9.17, 15) is 9.59 Å². The van der Waals surface area contributed by atoms with E-state index in [1.54, 1.807) is 4.90 Å². The molecule has 2 aromatic rings. The molecule has 1 aliphatic carbocycles. The zero-order valence-electron chi connectivity index (χ0n) is 16.2. The quantitative estimate of drug-likeness (QED) is 0.875. The van der Waals surface area contributed by atoms with Gasteiger partial charge in [-0.3, -0.25) is 9.59 Å². The Bertz CT molecular complexity index is 887.